The van der Waals surface area contributed by atoms with Gasteiger partial charge in [0.1, 0.15) is 11.9 Å². The Morgan fingerprint density at radius 1 is 1.09 bits per heavy atom. The van der Waals surface area contributed by atoms with E-state index in [-0.39, 0.29) is 24.8 Å². The molecule has 1 saturated heterocycles. The minimum absolute atomic E-state index is 0.0641. The van der Waals surface area contributed by atoms with Crippen LogP contribution >= 0.6 is 0 Å². The van der Waals surface area contributed by atoms with Crippen molar-refractivity contribution in [3.05, 3.63) is 59.9 Å². The van der Waals surface area contributed by atoms with Crippen molar-refractivity contribution in [1.82, 2.24) is 10.2 Å². The third kappa shape index (κ3) is 5.33. The zero-order valence-corrected chi connectivity index (χ0v) is 18.8. The molecule has 4 rings (SSSR count). The summed E-state index contributed by atoms with van der Waals surface area (Å²) in [6.07, 6.45) is -0.0641. The molecule has 34 heavy (non-hydrogen) atoms. The summed E-state index contributed by atoms with van der Waals surface area (Å²) in [7, 11) is 0. The summed E-state index contributed by atoms with van der Waals surface area (Å²) in [4.78, 5) is 45.1. The SMILES string of the molecule is CCOC(=O)c1ccc(NC(=O)[C@H]2CC(=O)NC(N3CCN(c4ccccc4F)CC3)=N2)cc1. The van der Waals surface area contributed by atoms with Crippen LogP contribution in [0.3, 0.4) is 0 Å². The van der Waals surface area contributed by atoms with E-state index in [1.807, 2.05) is 9.80 Å². The summed E-state index contributed by atoms with van der Waals surface area (Å²) >= 11 is 0. The van der Waals surface area contributed by atoms with Crippen LogP contribution in [0, 0.1) is 5.82 Å². The molecule has 2 aromatic rings. The number of para-hydroxylation sites is 1. The smallest absolute Gasteiger partial charge is 0.338 e. The van der Waals surface area contributed by atoms with Gasteiger partial charge in [-0.25, -0.2) is 14.2 Å². The summed E-state index contributed by atoms with van der Waals surface area (Å²) < 4.78 is 19.0. The molecule has 2 heterocycles. The summed E-state index contributed by atoms with van der Waals surface area (Å²) in [5.41, 5.74) is 1.41. The van der Waals surface area contributed by atoms with E-state index in [4.69, 9.17) is 4.74 Å². The number of rotatable bonds is 5. The third-order valence-electron chi connectivity index (χ3n) is 5.65. The molecule has 0 unspecified atom stereocenters. The molecule has 2 aliphatic rings. The second-order valence-corrected chi connectivity index (χ2v) is 7.93. The number of nitrogens with one attached hydrogen (secondary N) is 2. The Kier molecular flexibility index (Phi) is 7.05. The first-order valence-corrected chi connectivity index (χ1v) is 11.1. The van der Waals surface area contributed by atoms with Crippen LogP contribution in [-0.2, 0) is 14.3 Å². The number of hydrogen-bond donors (Lipinski definition) is 2. The van der Waals surface area contributed by atoms with Crippen molar-refractivity contribution in [2.75, 3.05) is 43.0 Å². The molecule has 0 bridgehead atoms. The number of amides is 2. The Morgan fingerprint density at radius 3 is 2.44 bits per heavy atom. The number of guanidine groups is 1. The molecule has 10 heteroatoms. The predicted molar refractivity (Wildman–Crippen MR) is 125 cm³/mol. The molecule has 1 atom stereocenters. The number of halogens is 1. The van der Waals surface area contributed by atoms with Gasteiger partial charge in [0.15, 0.2) is 0 Å². The molecule has 0 aromatic heterocycles. The van der Waals surface area contributed by atoms with Crippen LogP contribution in [0.1, 0.15) is 23.7 Å². The van der Waals surface area contributed by atoms with E-state index in [9.17, 15) is 18.8 Å². The summed E-state index contributed by atoms with van der Waals surface area (Å²) in [5, 5.41) is 5.49. The molecule has 0 aliphatic carbocycles. The molecule has 0 radical (unpaired) electrons. The van der Waals surface area contributed by atoms with E-state index in [0.717, 1.165) is 0 Å². The minimum atomic E-state index is -0.877. The van der Waals surface area contributed by atoms with E-state index in [0.29, 0.717) is 49.1 Å². The first-order chi connectivity index (χ1) is 16.4. The monoisotopic (exact) mass is 467 g/mol. The van der Waals surface area contributed by atoms with Gasteiger partial charge >= 0.3 is 5.97 Å². The number of nitrogens with zero attached hydrogens (tertiary/aromatic N) is 3. The molecular weight excluding hydrogens is 441 g/mol. The highest BCUT2D eigenvalue weighted by Crippen LogP contribution is 2.21. The fourth-order valence-corrected chi connectivity index (χ4v) is 3.89. The molecule has 0 spiro atoms. The van der Waals surface area contributed by atoms with Crippen LogP contribution in [0.2, 0.25) is 0 Å². The number of aliphatic imine (C=N–C) groups is 1. The molecule has 1 fully saturated rings. The van der Waals surface area contributed by atoms with Gasteiger partial charge in [-0.1, -0.05) is 12.1 Å². The van der Waals surface area contributed by atoms with E-state index in [1.165, 1.54) is 6.07 Å². The maximum atomic E-state index is 14.1. The molecule has 9 nitrogen and oxygen atoms in total. The van der Waals surface area contributed by atoms with Gasteiger partial charge < -0.3 is 19.9 Å². The number of esters is 1. The second-order valence-electron chi connectivity index (χ2n) is 7.93. The van der Waals surface area contributed by atoms with Crippen LogP contribution in [-0.4, -0.2) is 67.5 Å². The van der Waals surface area contributed by atoms with Gasteiger partial charge in [-0.3, -0.25) is 14.9 Å². The number of hydrogen-bond acceptors (Lipinski definition) is 7. The highest BCUT2D eigenvalue weighted by molar-refractivity contribution is 6.06. The van der Waals surface area contributed by atoms with Crippen molar-refractivity contribution in [3.63, 3.8) is 0 Å². The lowest BCUT2D eigenvalue weighted by Gasteiger charge is -2.38. The third-order valence-corrected chi connectivity index (χ3v) is 5.65. The Bertz CT molecular complexity index is 1100. The van der Waals surface area contributed by atoms with E-state index < -0.39 is 17.9 Å². The van der Waals surface area contributed by atoms with Gasteiger partial charge in [0, 0.05) is 31.9 Å². The topological polar surface area (TPSA) is 103 Å². The molecule has 178 valence electrons. The number of ether oxygens (including phenoxy) is 1. The number of anilines is 2. The maximum absolute atomic E-state index is 14.1. The van der Waals surface area contributed by atoms with Gasteiger partial charge in [0.25, 0.3) is 0 Å². The summed E-state index contributed by atoms with van der Waals surface area (Å²) in [6.45, 7) is 4.16. The Balaban J connectivity index is 1.38. The van der Waals surface area contributed by atoms with E-state index >= 15 is 0 Å². The van der Waals surface area contributed by atoms with Gasteiger partial charge in [-0.2, -0.15) is 0 Å². The lowest BCUT2D eigenvalue weighted by Crippen LogP contribution is -2.56. The molecule has 2 aliphatic heterocycles. The van der Waals surface area contributed by atoms with E-state index in [1.54, 1.807) is 49.4 Å². The molecule has 2 N–H and O–H groups in total. The van der Waals surface area contributed by atoms with Gasteiger partial charge in [0.2, 0.25) is 17.8 Å². The van der Waals surface area contributed by atoms with Crippen molar-refractivity contribution in [1.29, 1.82) is 0 Å². The summed E-state index contributed by atoms with van der Waals surface area (Å²) in [6, 6.07) is 12.1. The minimum Gasteiger partial charge on any atom is -0.462 e. The average molecular weight is 468 g/mol. The van der Waals surface area contributed by atoms with Crippen LogP contribution in [0.25, 0.3) is 0 Å². The normalized spacial score (nSPS) is 18.1. The Labute approximate surface area is 196 Å². The van der Waals surface area contributed by atoms with Crippen LogP contribution in [0.5, 0.6) is 0 Å². The van der Waals surface area contributed by atoms with Crippen molar-refractivity contribution < 1.29 is 23.5 Å². The zero-order chi connectivity index (χ0) is 24.1. The van der Waals surface area contributed by atoms with Gasteiger partial charge in [0.05, 0.1) is 24.3 Å². The van der Waals surface area contributed by atoms with Crippen LogP contribution < -0.4 is 15.5 Å². The fourth-order valence-electron chi connectivity index (χ4n) is 3.89. The second kappa shape index (κ2) is 10.3. The standard InChI is InChI=1S/C24H26FN5O4/c1-2-34-23(33)16-7-9-17(10-8-16)26-22(32)19-15-21(31)28-24(27-19)30-13-11-29(12-14-30)20-6-4-3-5-18(20)25/h3-10,19H,2,11-15H2,1H3,(H,26,32)(H,27,28,31)/t19-/m1/s1. The molecule has 2 amide bonds. The maximum Gasteiger partial charge on any atom is 0.338 e. The quantitative estimate of drug-likeness (QED) is 0.652. The zero-order valence-electron chi connectivity index (χ0n) is 18.8. The molecule has 2 aromatic carbocycles. The Morgan fingerprint density at radius 2 is 1.76 bits per heavy atom. The lowest BCUT2D eigenvalue weighted by atomic mass is 10.1. The van der Waals surface area contributed by atoms with Crippen molar-refractivity contribution >= 4 is 35.1 Å². The van der Waals surface area contributed by atoms with Crippen LogP contribution in [0.4, 0.5) is 15.8 Å². The number of piperazine rings is 1. The highest BCUT2D eigenvalue weighted by Gasteiger charge is 2.31. The predicted octanol–water partition coefficient (Wildman–Crippen LogP) is 2.01. The van der Waals surface area contributed by atoms with Crippen LogP contribution in [0.15, 0.2) is 53.5 Å². The highest BCUT2D eigenvalue weighted by atomic mass is 19.1. The van der Waals surface area contributed by atoms with E-state index in [2.05, 4.69) is 15.6 Å². The van der Waals surface area contributed by atoms with Crippen molar-refractivity contribution in [2.24, 2.45) is 4.99 Å². The summed E-state index contributed by atoms with van der Waals surface area (Å²) in [5.74, 6) is -1.07. The first kappa shape index (κ1) is 23.2. The van der Waals surface area contributed by atoms with Crippen molar-refractivity contribution in [2.45, 2.75) is 19.4 Å². The first-order valence-electron chi connectivity index (χ1n) is 11.1. The largest absolute Gasteiger partial charge is 0.462 e. The Hall–Kier alpha value is -3.95. The number of benzene rings is 2. The van der Waals surface area contributed by atoms with Gasteiger partial charge in [-0.15, -0.1) is 0 Å². The lowest BCUT2D eigenvalue weighted by molar-refractivity contribution is -0.125. The number of carbonyl (C=O) groups is 3. The fraction of sp³-hybridized carbons (Fsp3) is 0.333. The number of carbonyl (C=O) groups excluding carboxylic acids is 3. The average Bonchev–Trinajstić information content (AvgIpc) is 2.85. The van der Waals surface area contributed by atoms with Crippen molar-refractivity contribution in [3.8, 4) is 0 Å². The molecule has 0 saturated carbocycles. The molecular formula is C24H26FN5O4. The van der Waals surface area contributed by atoms with Gasteiger partial charge in [-0.05, 0) is 43.3 Å².